The van der Waals surface area contributed by atoms with Gasteiger partial charge in [0.15, 0.2) is 0 Å². The van der Waals surface area contributed by atoms with Crippen LogP contribution in [0.15, 0.2) is 30.3 Å². The number of carboxylic acids is 1. The van der Waals surface area contributed by atoms with E-state index < -0.39 is 77.7 Å². The van der Waals surface area contributed by atoms with Gasteiger partial charge in [-0.05, 0) is 88.1 Å². The number of nitrogens with zero attached hydrogens (tertiary/aromatic N) is 3. The van der Waals surface area contributed by atoms with Crippen molar-refractivity contribution in [3.8, 4) is 5.75 Å². The van der Waals surface area contributed by atoms with E-state index in [-0.39, 0.29) is 61.1 Å². The molecule has 1 saturated heterocycles. The van der Waals surface area contributed by atoms with Crippen LogP contribution in [-0.4, -0.2) is 123 Å². The summed E-state index contributed by atoms with van der Waals surface area (Å²) in [6, 6.07) is 0.210. The summed E-state index contributed by atoms with van der Waals surface area (Å²) in [5.41, 5.74) is 17.6. The smallest absolute Gasteiger partial charge is 0.326 e. The maximum atomic E-state index is 14.0. The first-order valence-corrected chi connectivity index (χ1v) is 21.7. The largest absolute Gasteiger partial charge is 0.508 e. The quantitative estimate of drug-likeness (QED) is 0.0517. The molecule has 1 fully saturated rings. The summed E-state index contributed by atoms with van der Waals surface area (Å²) in [6.45, 7) is 6.70. The van der Waals surface area contributed by atoms with Gasteiger partial charge in [0.1, 0.15) is 46.6 Å². The molecule has 1 aliphatic rings. The number of primary amides is 1. The van der Waals surface area contributed by atoms with Gasteiger partial charge in [-0.15, -0.1) is 11.3 Å². The van der Waals surface area contributed by atoms with Crippen LogP contribution in [0.2, 0.25) is 0 Å². The Morgan fingerprint density at radius 1 is 0.810 bits per heavy atom. The number of carbonyl (C=O) groups excluding carboxylic acids is 6. The third kappa shape index (κ3) is 14.7. The van der Waals surface area contributed by atoms with E-state index in [4.69, 9.17) is 17.2 Å². The van der Waals surface area contributed by atoms with Gasteiger partial charge < -0.3 is 64.0 Å². The number of thiophene rings is 1. The molecule has 6 amide bonds. The molecule has 4 rings (SSSR count). The lowest BCUT2D eigenvalue weighted by Gasteiger charge is -2.28. The Bertz CT molecular complexity index is 2090. The summed E-state index contributed by atoms with van der Waals surface area (Å²) in [6.07, 6.45) is 0.551. The van der Waals surface area contributed by atoms with Crippen LogP contribution in [0.3, 0.4) is 0 Å². The van der Waals surface area contributed by atoms with Crippen LogP contribution in [-0.2, 0) is 35.2 Å². The molecule has 6 unspecified atom stereocenters. The van der Waals surface area contributed by atoms with E-state index in [9.17, 15) is 48.9 Å². The molecule has 22 heteroatoms. The number of nitrogens with one attached hydrogen (secondary N) is 5. The van der Waals surface area contributed by atoms with E-state index in [1.54, 1.807) is 6.07 Å². The number of fused-ring (bicyclic) bond motifs is 1. The average molecular weight is 898 g/mol. The van der Waals surface area contributed by atoms with Gasteiger partial charge in [-0.2, -0.15) is 4.98 Å². The van der Waals surface area contributed by atoms with E-state index in [0.717, 1.165) is 37.3 Å². The number of carboxylic acid groups (broad SMARTS) is 1. The van der Waals surface area contributed by atoms with Gasteiger partial charge >= 0.3 is 5.97 Å². The zero-order valence-corrected chi connectivity index (χ0v) is 36.4. The van der Waals surface area contributed by atoms with Crippen molar-refractivity contribution in [3.63, 3.8) is 0 Å². The highest BCUT2D eigenvalue weighted by molar-refractivity contribution is 7.20. The van der Waals surface area contributed by atoms with E-state index in [2.05, 4.69) is 41.5 Å². The van der Waals surface area contributed by atoms with Gasteiger partial charge in [-0.1, -0.05) is 26.0 Å². The number of aromatic nitrogens is 2. The number of aromatic hydroxyl groups is 1. The molecule has 14 N–H and O–H groups in total. The standard InChI is InChI=1S/C41H59N11O10S/c1-21(2)18-28(47-37(59)30-20-25-33(52-16-6-7-17-52)50-41(44)51-39(25)63-30)36(58)46-27(13-14-31(43)55)34(56)45-26(8-4-5-15-42)35(57)49-32(22(3)53)38(60)48-29(40(61)62)19-23-9-11-24(54)12-10-23/h9-12,20-22,26-29,32,53-54H,4-8,13-19,42H2,1-3H3,(H2,43,55)(H,45,56)(H,46,58)(H,47,59)(H,48,60)(H,49,57)(H,61,62)(H2,44,50,51). The van der Waals surface area contributed by atoms with Gasteiger partial charge in [0.25, 0.3) is 5.91 Å². The Hall–Kier alpha value is -6.13. The second kappa shape index (κ2) is 23.4. The number of phenols is 1. The fraction of sp³-hybridized carbons (Fsp3) is 0.537. The van der Waals surface area contributed by atoms with Gasteiger partial charge in [0, 0.05) is 25.9 Å². The lowest BCUT2D eigenvalue weighted by Crippen LogP contribution is -2.60. The average Bonchev–Trinajstić information content (AvgIpc) is 3.92. The van der Waals surface area contributed by atoms with Crippen LogP contribution in [0.5, 0.6) is 5.75 Å². The van der Waals surface area contributed by atoms with Crippen molar-refractivity contribution in [2.75, 3.05) is 30.3 Å². The molecule has 6 atom stereocenters. The van der Waals surface area contributed by atoms with Crippen LogP contribution < -0.4 is 48.7 Å². The van der Waals surface area contributed by atoms with Gasteiger partial charge in [0.2, 0.25) is 35.5 Å². The Labute approximate surface area is 368 Å². The SMILES string of the molecule is CC(C)CC(NC(=O)c1cc2c(N3CCCC3)nc(N)nc2s1)C(=O)NC(CCC(N)=O)C(=O)NC(CCCCN)C(=O)NC(C(=O)NC(Cc1ccc(O)cc1)C(=O)O)C(C)O. The summed E-state index contributed by atoms with van der Waals surface area (Å²) >= 11 is 1.09. The number of carbonyl (C=O) groups is 7. The van der Waals surface area contributed by atoms with E-state index >= 15 is 0 Å². The summed E-state index contributed by atoms with van der Waals surface area (Å²) in [5, 5.41) is 43.3. The summed E-state index contributed by atoms with van der Waals surface area (Å²) in [4.78, 5) is 104. The minimum atomic E-state index is -1.67. The number of amides is 6. The highest BCUT2D eigenvalue weighted by Gasteiger charge is 2.35. The normalized spacial score (nSPS) is 15.4. The molecule has 0 spiro atoms. The zero-order valence-electron chi connectivity index (χ0n) is 35.6. The zero-order chi connectivity index (χ0) is 46.4. The topological polar surface area (TPSA) is 347 Å². The number of aliphatic hydroxyl groups excluding tert-OH is 1. The van der Waals surface area contributed by atoms with Gasteiger partial charge in [-0.3, -0.25) is 28.8 Å². The number of phenolic OH excluding ortho intramolecular Hbond substituents is 1. The molecular formula is C41H59N11O10S. The number of nitrogen functional groups attached to an aromatic ring is 1. The minimum Gasteiger partial charge on any atom is -0.508 e. The van der Waals surface area contributed by atoms with E-state index in [1.807, 2.05) is 13.8 Å². The number of aliphatic carboxylic acids is 1. The maximum Gasteiger partial charge on any atom is 0.326 e. The summed E-state index contributed by atoms with van der Waals surface area (Å²) < 4.78 is 0. The highest BCUT2D eigenvalue weighted by atomic mass is 32.1. The summed E-state index contributed by atoms with van der Waals surface area (Å²) in [7, 11) is 0. The molecule has 63 heavy (non-hydrogen) atoms. The van der Waals surface area contributed by atoms with Crippen LogP contribution in [0, 0.1) is 5.92 Å². The fourth-order valence-electron chi connectivity index (χ4n) is 6.99. The molecule has 1 aromatic carbocycles. The molecule has 0 bridgehead atoms. The van der Waals surface area contributed by atoms with Crippen LogP contribution in [0.1, 0.15) is 87.4 Å². The predicted octanol–water partition coefficient (Wildman–Crippen LogP) is -0.234. The van der Waals surface area contributed by atoms with Crippen molar-refractivity contribution >= 4 is 74.7 Å². The second-order valence-electron chi connectivity index (χ2n) is 16.0. The molecule has 2 aromatic heterocycles. The number of nitrogens with two attached hydrogens (primary N) is 3. The molecule has 3 heterocycles. The van der Waals surface area contributed by atoms with Crippen molar-refractivity contribution < 1.29 is 48.9 Å². The van der Waals surface area contributed by atoms with Crippen molar-refractivity contribution in [1.29, 1.82) is 0 Å². The van der Waals surface area contributed by atoms with E-state index in [1.165, 1.54) is 31.2 Å². The first kappa shape index (κ1) is 49.5. The number of benzene rings is 1. The first-order valence-electron chi connectivity index (χ1n) is 20.9. The number of unbranched alkanes of at least 4 members (excludes halogenated alkanes) is 1. The van der Waals surface area contributed by atoms with Crippen LogP contribution in [0.25, 0.3) is 10.2 Å². The third-order valence-electron chi connectivity index (χ3n) is 10.3. The van der Waals surface area contributed by atoms with Crippen LogP contribution >= 0.6 is 11.3 Å². The number of hydrogen-bond acceptors (Lipinski definition) is 15. The molecule has 1 aliphatic heterocycles. The molecule has 344 valence electrons. The Kier molecular flexibility index (Phi) is 18.4. The lowest BCUT2D eigenvalue weighted by molar-refractivity contribution is -0.143. The molecule has 0 aliphatic carbocycles. The van der Waals surface area contributed by atoms with Crippen LogP contribution in [0.4, 0.5) is 11.8 Å². The number of anilines is 2. The maximum absolute atomic E-state index is 14.0. The molecular weight excluding hydrogens is 839 g/mol. The number of rotatable bonds is 24. The monoisotopic (exact) mass is 897 g/mol. The number of aliphatic hydroxyl groups is 1. The molecule has 0 saturated carbocycles. The van der Waals surface area contributed by atoms with Crippen molar-refractivity contribution in [1.82, 2.24) is 36.6 Å². The molecule has 3 aromatic rings. The molecule has 21 nitrogen and oxygen atoms in total. The first-order chi connectivity index (χ1) is 29.9. The number of hydrogen-bond donors (Lipinski definition) is 11. The van der Waals surface area contributed by atoms with Gasteiger partial charge in [-0.25, -0.2) is 9.78 Å². The lowest BCUT2D eigenvalue weighted by atomic mass is 10.0. The van der Waals surface area contributed by atoms with E-state index in [0.29, 0.717) is 34.4 Å². The Morgan fingerprint density at radius 2 is 1.41 bits per heavy atom. The van der Waals surface area contributed by atoms with Crippen molar-refractivity contribution in [3.05, 3.63) is 40.8 Å². The summed E-state index contributed by atoms with van der Waals surface area (Å²) in [5.74, 6) is -5.80. The van der Waals surface area contributed by atoms with Crippen molar-refractivity contribution in [2.45, 2.75) is 115 Å². The third-order valence-corrected chi connectivity index (χ3v) is 11.3. The Morgan fingerprint density at radius 3 is 2.00 bits per heavy atom. The fourth-order valence-corrected chi connectivity index (χ4v) is 7.92. The highest BCUT2D eigenvalue weighted by Crippen LogP contribution is 2.33. The second-order valence-corrected chi connectivity index (χ2v) is 17.0. The van der Waals surface area contributed by atoms with Crippen molar-refractivity contribution in [2.24, 2.45) is 17.4 Å². The minimum absolute atomic E-state index is 0.00525. The Balaban J connectivity index is 1.51. The predicted molar refractivity (Wildman–Crippen MR) is 234 cm³/mol. The molecule has 0 radical (unpaired) electrons. The van der Waals surface area contributed by atoms with Gasteiger partial charge in [0.05, 0.1) is 16.4 Å².